The summed E-state index contributed by atoms with van der Waals surface area (Å²) in [7, 11) is 1.55. The summed E-state index contributed by atoms with van der Waals surface area (Å²) < 4.78 is 17.1. The van der Waals surface area contributed by atoms with Gasteiger partial charge in [0.2, 0.25) is 0 Å². The minimum Gasteiger partial charge on any atom is -0.493 e. The van der Waals surface area contributed by atoms with Gasteiger partial charge in [0.05, 0.1) is 18.6 Å². The first-order valence-corrected chi connectivity index (χ1v) is 11.7. The first-order valence-electron chi connectivity index (χ1n) is 10.5. The number of nitrogens with zero attached hydrogens (tertiary/aromatic N) is 1. The SMILES string of the molecule is COc1cccc(/C=C2\SC(=O)N(CCOc3ccccc3)C2=O)c1OCc1ccc(Cl)cc1. The highest BCUT2D eigenvalue weighted by molar-refractivity contribution is 8.18. The van der Waals surface area contributed by atoms with Crippen LogP contribution in [0.25, 0.3) is 6.08 Å². The number of rotatable bonds is 9. The predicted octanol–water partition coefficient (Wildman–Crippen LogP) is 6.04. The quantitative estimate of drug-likeness (QED) is 0.337. The summed E-state index contributed by atoms with van der Waals surface area (Å²) in [6, 6.07) is 22.0. The summed E-state index contributed by atoms with van der Waals surface area (Å²) in [6.07, 6.45) is 1.66. The molecule has 3 aromatic rings. The van der Waals surface area contributed by atoms with Crippen molar-refractivity contribution in [1.29, 1.82) is 0 Å². The molecule has 1 heterocycles. The van der Waals surface area contributed by atoms with Crippen molar-refractivity contribution in [2.45, 2.75) is 6.61 Å². The number of hydrogen-bond acceptors (Lipinski definition) is 6. The number of halogens is 1. The molecule has 1 aliphatic rings. The highest BCUT2D eigenvalue weighted by atomic mass is 35.5. The molecule has 0 radical (unpaired) electrons. The average molecular weight is 496 g/mol. The van der Waals surface area contributed by atoms with Crippen molar-refractivity contribution < 1.29 is 23.8 Å². The summed E-state index contributed by atoms with van der Waals surface area (Å²) in [5, 5.41) is 0.311. The largest absolute Gasteiger partial charge is 0.493 e. The molecule has 0 saturated carbocycles. The normalized spacial score (nSPS) is 14.5. The minimum absolute atomic E-state index is 0.162. The lowest BCUT2D eigenvalue weighted by Gasteiger charge is -2.14. The van der Waals surface area contributed by atoms with E-state index in [0.717, 1.165) is 17.3 Å². The van der Waals surface area contributed by atoms with Crippen LogP contribution < -0.4 is 14.2 Å². The number of methoxy groups -OCH3 is 1. The smallest absolute Gasteiger partial charge is 0.293 e. The Balaban J connectivity index is 1.48. The average Bonchev–Trinajstić information content (AvgIpc) is 3.12. The number of imide groups is 1. The lowest BCUT2D eigenvalue weighted by Crippen LogP contribution is -2.32. The first kappa shape index (κ1) is 23.7. The molecule has 0 unspecified atom stereocenters. The number of carbonyl (C=O) groups is 2. The van der Waals surface area contributed by atoms with Gasteiger partial charge in [-0.3, -0.25) is 14.5 Å². The summed E-state index contributed by atoms with van der Waals surface area (Å²) in [5.41, 5.74) is 1.57. The van der Waals surface area contributed by atoms with Gasteiger partial charge in [-0.25, -0.2) is 0 Å². The molecule has 0 bridgehead atoms. The number of amides is 2. The number of benzene rings is 3. The fourth-order valence-corrected chi connectivity index (χ4v) is 4.29. The Morgan fingerprint density at radius 3 is 2.44 bits per heavy atom. The number of para-hydroxylation sites is 2. The third-order valence-electron chi connectivity index (χ3n) is 5.01. The standard InChI is InChI=1S/C26H22ClNO5S/c1-31-22-9-5-6-19(24(22)33-17-18-10-12-20(27)13-11-18)16-23-25(29)28(26(30)34-23)14-15-32-21-7-3-2-4-8-21/h2-13,16H,14-15,17H2,1H3/b23-16-. The van der Waals surface area contributed by atoms with Crippen LogP contribution in [0.1, 0.15) is 11.1 Å². The van der Waals surface area contributed by atoms with E-state index in [1.807, 2.05) is 48.5 Å². The van der Waals surface area contributed by atoms with Crippen molar-refractivity contribution in [3.8, 4) is 17.2 Å². The van der Waals surface area contributed by atoms with E-state index >= 15 is 0 Å². The zero-order chi connectivity index (χ0) is 23.9. The number of carbonyl (C=O) groups excluding carboxylic acids is 2. The molecule has 0 spiro atoms. The fourth-order valence-electron chi connectivity index (χ4n) is 3.30. The third-order valence-corrected chi connectivity index (χ3v) is 6.17. The van der Waals surface area contributed by atoms with Gasteiger partial charge in [0.25, 0.3) is 11.1 Å². The molecule has 174 valence electrons. The van der Waals surface area contributed by atoms with Gasteiger partial charge in [-0.15, -0.1) is 0 Å². The molecule has 0 aliphatic carbocycles. The van der Waals surface area contributed by atoms with Gasteiger partial charge in [-0.1, -0.05) is 54.1 Å². The van der Waals surface area contributed by atoms with Crippen LogP contribution >= 0.6 is 23.4 Å². The molecule has 0 N–H and O–H groups in total. The lowest BCUT2D eigenvalue weighted by atomic mass is 10.1. The molecule has 34 heavy (non-hydrogen) atoms. The van der Waals surface area contributed by atoms with Crippen molar-refractivity contribution in [3.05, 3.63) is 93.9 Å². The van der Waals surface area contributed by atoms with Gasteiger partial charge in [0.15, 0.2) is 11.5 Å². The van der Waals surface area contributed by atoms with E-state index in [9.17, 15) is 9.59 Å². The highest BCUT2D eigenvalue weighted by Gasteiger charge is 2.35. The van der Waals surface area contributed by atoms with Gasteiger partial charge in [0.1, 0.15) is 19.0 Å². The Kier molecular flexibility index (Phi) is 7.77. The van der Waals surface area contributed by atoms with E-state index in [-0.39, 0.29) is 30.9 Å². The van der Waals surface area contributed by atoms with Crippen molar-refractivity contribution in [2.75, 3.05) is 20.3 Å². The molecule has 6 nitrogen and oxygen atoms in total. The fraction of sp³-hybridized carbons (Fsp3) is 0.154. The molecule has 2 amide bonds. The van der Waals surface area contributed by atoms with Crippen LogP contribution in [-0.2, 0) is 11.4 Å². The van der Waals surface area contributed by atoms with Crippen molar-refractivity contribution in [1.82, 2.24) is 4.90 Å². The van der Waals surface area contributed by atoms with E-state index in [1.165, 1.54) is 4.90 Å². The van der Waals surface area contributed by atoms with E-state index in [1.54, 1.807) is 37.5 Å². The first-order chi connectivity index (χ1) is 16.5. The lowest BCUT2D eigenvalue weighted by molar-refractivity contribution is -0.123. The van der Waals surface area contributed by atoms with Crippen LogP contribution in [0, 0.1) is 0 Å². The Hall–Kier alpha value is -3.42. The summed E-state index contributed by atoms with van der Waals surface area (Å²) in [4.78, 5) is 26.9. The Morgan fingerprint density at radius 2 is 1.71 bits per heavy atom. The molecular formula is C26H22ClNO5S. The van der Waals surface area contributed by atoms with Gasteiger partial charge in [-0.05, 0) is 53.7 Å². The molecule has 3 aromatic carbocycles. The zero-order valence-electron chi connectivity index (χ0n) is 18.4. The zero-order valence-corrected chi connectivity index (χ0v) is 20.0. The topological polar surface area (TPSA) is 65.1 Å². The maximum absolute atomic E-state index is 12.9. The summed E-state index contributed by atoms with van der Waals surface area (Å²) in [6.45, 7) is 0.662. The molecule has 4 rings (SSSR count). The second-order valence-electron chi connectivity index (χ2n) is 7.29. The molecule has 8 heteroatoms. The van der Waals surface area contributed by atoms with Gasteiger partial charge in [0, 0.05) is 10.6 Å². The second kappa shape index (κ2) is 11.1. The minimum atomic E-state index is -0.363. The van der Waals surface area contributed by atoms with Crippen molar-refractivity contribution >= 4 is 40.6 Å². The van der Waals surface area contributed by atoms with Gasteiger partial charge < -0.3 is 14.2 Å². The van der Waals surface area contributed by atoms with E-state index in [2.05, 4.69) is 0 Å². The molecule has 0 atom stereocenters. The molecule has 0 aromatic heterocycles. The highest BCUT2D eigenvalue weighted by Crippen LogP contribution is 2.37. The Labute approximate surface area is 207 Å². The maximum atomic E-state index is 12.9. The Morgan fingerprint density at radius 1 is 0.941 bits per heavy atom. The number of hydrogen-bond donors (Lipinski definition) is 0. The van der Waals surface area contributed by atoms with Crippen LogP contribution in [0.2, 0.25) is 5.02 Å². The number of ether oxygens (including phenoxy) is 3. The Bertz CT molecular complexity index is 1200. The monoisotopic (exact) mass is 495 g/mol. The van der Waals surface area contributed by atoms with Gasteiger partial charge >= 0.3 is 0 Å². The van der Waals surface area contributed by atoms with E-state index in [4.69, 9.17) is 25.8 Å². The molecule has 1 aliphatic heterocycles. The molecular weight excluding hydrogens is 474 g/mol. The maximum Gasteiger partial charge on any atom is 0.293 e. The molecule has 1 saturated heterocycles. The van der Waals surface area contributed by atoms with E-state index < -0.39 is 0 Å². The third kappa shape index (κ3) is 5.73. The van der Waals surface area contributed by atoms with Crippen LogP contribution in [-0.4, -0.2) is 36.3 Å². The predicted molar refractivity (Wildman–Crippen MR) is 133 cm³/mol. The molecule has 1 fully saturated rings. The van der Waals surface area contributed by atoms with Crippen molar-refractivity contribution in [2.24, 2.45) is 0 Å². The van der Waals surface area contributed by atoms with Crippen LogP contribution in [0.4, 0.5) is 4.79 Å². The summed E-state index contributed by atoms with van der Waals surface area (Å²) in [5.74, 6) is 1.33. The number of thioether (sulfide) groups is 1. The van der Waals surface area contributed by atoms with E-state index in [0.29, 0.717) is 32.7 Å². The second-order valence-corrected chi connectivity index (χ2v) is 8.72. The van der Waals surface area contributed by atoms with Crippen LogP contribution in [0.3, 0.4) is 0 Å². The summed E-state index contributed by atoms with van der Waals surface area (Å²) >= 11 is 6.85. The van der Waals surface area contributed by atoms with Gasteiger partial charge in [-0.2, -0.15) is 0 Å². The van der Waals surface area contributed by atoms with Crippen molar-refractivity contribution in [3.63, 3.8) is 0 Å². The van der Waals surface area contributed by atoms with Crippen LogP contribution in [0.15, 0.2) is 77.7 Å². The van der Waals surface area contributed by atoms with Crippen LogP contribution in [0.5, 0.6) is 17.2 Å².